The molecule has 0 aromatic rings. The van der Waals surface area contributed by atoms with Crippen molar-refractivity contribution in [3.63, 3.8) is 0 Å². The maximum absolute atomic E-state index is 10.7. The smallest absolute Gasteiger partial charge is 0.321 e. The van der Waals surface area contributed by atoms with Crippen LogP contribution in [0, 0.1) is 5.92 Å². The molecule has 0 spiro atoms. The molecule has 1 aliphatic carbocycles. The van der Waals surface area contributed by atoms with E-state index in [0.717, 1.165) is 25.7 Å². The summed E-state index contributed by atoms with van der Waals surface area (Å²) in [4.78, 5) is 10.7. The second kappa shape index (κ2) is 5.24. The molecule has 0 aromatic carbocycles. The van der Waals surface area contributed by atoms with Gasteiger partial charge in [-0.3, -0.25) is 4.79 Å². The van der Waals surface area contributed by atoms with Crippen LogP contribution in [-0.4, -0.2) is 21.9 Å². The molecule has 0 radical (unpaired) electrons. The highest BCUT2D eigenvalue weighted by Gasteiger charge is 2.39. The van der Waals surface area contributed by atoms with Crippen molar-refractivity contribution < 1.29 is 9.90 Å². The molecule has 0 amide bonds. The second-order valence-electron chi connectivity index (χ2n) is 4.10. The maximum Gasteiger partial charge on any atom is 0.321 e. The standard InChI is InChI=1S/C9H17NO2S.ClH/c1-6-2-4-9(13,5-3-6)7(10)8(11)12;/h6-7,13H,2-5,10H2,1H3,(H,11,12);1H. The molecule has 1 unspecified atom stereocenters. The van der Waals surface area contributed by atoms with E-state index in [2.05, 4.69) is 19.6 Å². The van der Waals surface area contributed by atoms with Crippen molar-refractivity contribution >= 4 is 31.0 Å². The Balaban J connectivity index is 0.00000169. The first kappa shape index (κ1) is 14.1. The zero-order valence-corrected chi connectivity index (χ0v) is 9.98. The normalized spacial score (nSPS) is 34.4. The van der Waals surface area contributed by atoms with Gasteiger partial charge in [0, 0.05) is 4.75 Å². The number of aliphatic carboxylic acids is 1. The molecule has 5 heteroatoms. The van der Waals surface area contributed by atoms with E-state index < -0.39 is 16.8 Å². The van der Waals surface area contributed by atoms with Gasteiger partial charge in [-0.05, 0) is 31.6 Å². The third kappa shape index (κ3) is 3.04. The molecule has 14 heavy (non-hydrogen) atoms. The molecule has 1 aliphatic rings. The lowest BCUT2D eigenvalue weighted by Gasteiger charge is -2.37. The van der Waals surface area contributed by atoms with E-state index in [4.69, 9.17) is 10.8 Å². The predicted octanol–water partition coefficient (Wildman–Crippen LogP) is 1.70. The van der Waals surface area contributed by atoms with Gasteiger partial charge in [-0.15, -0.1) is 12.4 Å². The van der Waals surface area contributed by atoms with Crippen LogP contribution in [0.4, 0.5) is 0 Å². The average molecular weight is 240 g/mol. The summed E-state index contributed by atoms with van der Waals surface area (Å²) in [6.07, 6.45) is 3.68. The largest absolute Gasteiger partial charge is 0.480 e. The quantitative estimate of drug-likeness (QED) is 0.643. The Morgan fingerprint density at radius 3 is 2.36 bits per heavy atom. The SMILES string of the molecule is CC1CCC(S)(C(N)C(=O)O)CC1.Cl. The topological polar surface area (TPSA) is 63.3 Å². The van der Waals surface area contributed by atoms with Gasteiger partial charge in [0.1, 0.15) is 6.04 Å². The Hall–Kier alpha value is 0.0700. The molecule has 3 nitrogen and oxygen atoms in total. The van der Waals surface area contributed by atoms with Crippen LogP contribution in [0.15, 0.2) is 0 Å². The van der Waals surface area contributed by atoms with Crippen molar-refractivity contribution in [2.24, 2.45) is 11.7 Å². The Bertz CT molecular complexity index is 205. The first-order valence-electron chi connectivity index (χ1n) is 4.66. The number of thiol groups is 1. The van der Waals surface area contributed by atoms with E-state index >= 15 is 0 Å². The number of carbonyl (C=O) groups is 1. The number of nitrogens with two attached hydrogens (primary N) is 1. The van der Waals surface area contributed by atoms with Crippen LogP contribution in [0.3, 0.4) is 0 Å². The van der Waals surface area contributed by atoms with Crippen molar-refractivity contribution in [3.05, 3.63) is 0 Å². The Labute approximate surface area is 96.3 Å². The minimum absolute atomic E-state index is 0. The minimum Gasteiger partial charge on any atom is -0.480 e. The first-order chi connectivity index (χ1) is 5.96. The van der Waals surface area contributed by atoms with Gasteiger partial charge in [0.2, 0.25) is 0 Å². The molecule has 0 aliphatic heterocycles. The van der Waals surface area contributed by atoms with Gasteiger partial charge < -0.3 is 10.8 Å². The molecular formula is C9H18ClNO2S. The van der Waals surface area contributed by atoms with E-state index in [-0.39, 0.29) is 12.4 Å². The summed E-state index contributed by atoms with van der Waals surface area (Å²) < 4.78 is -0.488. The highest BCUT2D eigenvalue weighted by Crippen LogP contribution is 2.38. The zero-order valence-electron chi connectivity index (χ0n) is 8.27. The van der Waals surface area contributed by atoms with E-state index in [1.807, 2.05) is 0 Å². The molecule has 1 atom stereocenters. The van der Waals surface area contributed by atoms with Gasteiger partial charge in [0.15, 0.2) is 0 Å². The Morgan fingerprint density at radius 1 is 1.57 bits per heavy atom. The van der Waals surface area contributed by atoms with Crippen LogP contribution in [-0.2, 0) is 4.79 Å². The first-order valence-corrected chi connectivity index (χ1v) is 5.11. The van der Waals surface area contributed by atoms with E-state index in [1.165, 1.54) is 0 Å². The third-order valence-corrected chi connectivity index (χ3v) is 3.71. The monoisotopic (exact) mass is 239 g/mol. The molecular weight excluding hydrogens is 222 g/mol. The van der Waals surface area contributed by atoms with Crippen LogP contribution >= 0.6 is 25.0 Å². The second-order valence-corrected chi connectivity index (χ2v) is 4.99. The fourth-order valence-electron chi connectivity index (χ4n) is 1.80. The van der Waals surface area contributed by atoms with Gasteiger partial charge in [-0.1, -0.05) is 6.92 Å². The molecule has 0 heterocycles. The van der Waals surface area contributed by atoms with Crippen LogP contribution < -0.4 is 5.73 Å². The Kier molecular flexibility index (Phi) is 5.26. The van der Waals surface area contributed by atoms with Crippen molar-refractivity contribution in [2.45, 2.75) is 43.4 Å². The van der Waals surface area contributed by atoms with Crippen molar-refractivity contribution in [3.8, 4) is 0 Å². The highest BCUT2D eigenvalue weighted by atomic mass is 35.5. The molecule has 0 aromatic heterocycles. The summed E-state index contributed by atoms with van der Waals surface area (Å²) in [5.41, 5.74) is 5.59. The van der Waals surface area contributed by atoms with Gasteiger partial charge >= 0.3 is 5.97 Å². The molecule has 1 saturated carbocycles. The van der Waals surface area contributed by atoms with E-state index in [0.29, 0.717) is 5.92 Å². The number of hydrogen-bond acceptors (Lipinski definition) is 3. The van der Waals surface area contributed by atoms with Gasteiger partial charge in [0.05, 0.1) is 0 Å². The molecule has 0 bridgehead atoms. The molecule has 1 rings (SSSR count). The van der Waals surface area contributed by atoms with Crippen LogP contribution in [0.1, 0.15) is 32.6 Å². The summed E-state index contributed by atoms with van der Waals surface area (Å²) in [5, 5.41) is 8.79. The molecule has 0 saturated heterocycles. The fourth-order valence-corrected chi connectivity index (χ4v) is 2.17. The van der Waals surface area contributed by atoms with Crippen LogP contribution in [0.2, 0.25) is 0 Å². The van der Waals surface area contributed by atoms with Gasteiger partial charge in [-0.2, -0.15) is 12.6 Å². The van der Waals surface area contributed by atoms with E-state index in [9.17, 15) is 4.79 Å². The molecule has 84 valence electrons. The average Bonchev–Trinajstić information content (AvgIpc) is 2.09. The van der Waals surface area contributed by atoms with Crippen molar-refractivity contribution in [1.82, 2.24) is 0 Å². The maximum atomic E-state index is 10.7. The summed E-state index contributed by atoms with van der Waals surface area (Å²) in [5.74, 6) is -0.258. The number of halogens is 1. The number of rotatable bonds is 2. The lowest BCUT2D eigenvalue weighted by molar-refractivity contribution is -0.139. The van der Waals surface area contributed by atoms with Crippen molar-refractivity contribution in [2.75, 3.05) is 0 Å². The number of carboxylic acid groups (broad SMARTS) is 1. The van der Waals surface area contributed by atoms with E-state index in [1.54, 1.807) is 0 Å². The minimum atomic E-state index is -0.940. The molecule has 1 fully saturated rings. The number of carboxylic acids is 1. The van der Waals surface area contributed by atoms with Gasteiger partial charge in [0.25, 0.3) is 0 Å². The van der Waals surface area contributed by atoms with Gasteiger partial charge in [-0.25, -0.2) is 0 Å². The Morgan fingerprint density at radius 2 is 2.00 bits per heavy atom. The summed E-state index contributed by atoms with van der Waals surface area (Å²) in [7, 11) is 0. The van der Waals surface area contributed by atoms with Crippen LogP contribution in [0.25, 0.3) is 0 Å². The number of hydrogen-bond donors (Lipinski definition) is 3. The van der Waals surface area contributed by atoms with Crippen molar-refractivity contribution in [1.29, 1.82) is 0 Å². The highest BCUT2D eigenvalue weighted by molar-refractivity contribution is 7.82. The van der Waals surface area contributed by atoms with Crippen LogP contribution in [0.5, 0.6) is 0 Å². The lowest BCUT2D eigenvalue weighted by Crippen LogP contribution is -2.50. The predicted molar refractivity (Wildman–Crippen MR) is 62.2 cm³/mol. The zero-order chi connectivity index (χ0) is 10.1. The summed E-state index contributed by atoms with van der Waals surface area (Å²) >= 11 is 4.42. The summed E-state index contributed by atoms with van der Waals surface area (Å²) in [6, 6.07) is -0.830. The summed E-state index contributed by atoms with van der Waals surface area (Å²) in [6.45, 7) is 2.18. The lowest BCUT2D eigenvalue weighted by atomic mass is 9.78. The third-order valence-electron chi connectivity index (χ3n) is 2.99. The molecule has 3 N–H and O–H groups in total. The fraction of sp³-hybridized carbons (Fsp3) is 0.889.